The van der Waals surface area contributed by atoms with Gasteiger partial charge >= 0.3 is 0 Å². The lowest BCUT2D eigenvalue weighted by Crippen LogP contribution is -2.15. The Bertz CT molecular complexity index is 657. The van der Waals surface area contributed by atoms with E-state index in [0.29, 0.717) is 5.25 Å². The molecule has 3 rings (SSSR count). The fraction of sp³-hybridized carbons (Fsp3) is 0.333. The van der Waals surface area contributed by atoms with Crippen molar-refractivity contribution < 1.29 is 0 Å². The van der Waals surface area contributed by atoms with Gasteiger partial charge < -0.3 is 4.90 Å². The highest BCUT2D eigenvalue weighted by molar-refractivity contribution is 8.00. The van der Waals surface area contributed by atoms with E-state index in [1.807, 2.05) is 17.8 Å². The van der Waals surface area contributed by atoms with Crippen LogP contribution in [0.3, 0.4) is 0 Å². The Balaban J connectivity index is 1.90. The van der Waals surface area contributed by atoms with Crippen LogP contribution in [0.1, 0.15) is 16.4 Å². The third-order valence-electron chi connectivity index (χ3n) is 3.77. The smallest absolute Gasteiger partial charge is 0.0409 e. The van der Waals surface area contributed by atoms with E-state index in [0.717, 1.165) is 23.7 Å². The first kappa shape index (κ1) is 16.3. The van der Waals surface area contributed by atoms with E-state index in [9.17, 15) is 0 Å². The van der Waals surface area contributed by atoms with Gasteiger partial charge in [-0.3, -0.25) is 0 Å². The maximum absolute atomic E-state index is 6.21. The predicted molar refractivity (Wildman–Crippen MR) is 99.5 cm³/mol. The third-order valence-corrected chi connectivity index (χ3v) is 6.46. The Morgan fingerprint density at radius 2 is 2.00 bits per heavy atom. The highest BCUT2D eigenvalue weighted by atomic mass is 35.5. The van der Waals surface area contributed by atoms with E-state index < -0.39 is 0 Å². The van der Waals surface area contributed by atoms with E-state index in [1.54, 1.807) is 0 Å². The van der Waals surface area contributed by atoms with Crippen molar-refractivity contribution in [1.82, 2.24) is 4.90 Å². The van der Waals surface area contributed by atoms with Crippen LogP contribution in [0, 0.1) is 0 Å². The monoisotopic (exact) mass is 349 g/mol. The fourth-order valence-corrected chi connectivity index (χ4v) is 5.43. The van der Waals surface area contributed by atoms with Crippen molar-refractivity contribution in [2.24, 2.45) is 0 Å². The average Bonchev–Trinajstić information content (AvgIpc) is 2.63. The molecule has 0 saturated carbocycles. The van der Waals surface area contributed by atoms with Crippen molar-refractivity contribution in [2.75, 3.05) is 26.4 Å². The second-order valence-electron chi connectivity index (χ2n) is 5.76. The number of hydrogen-bond acceptors (Lipinski definition) is 3. The zero-order valence-corrected chi connectivity index (χ0v) is 15.3. The van der Waals surface area contributed by atoms with Crippen LogP contribution in [0.5, 0.6) is 0 Å². The van der Waals surface area contributed by atoms with Gasteiger partial charge in [0.1, 0.15) is 0 Å². The summed E-state index contributed by atoms with van der Waals surface area (Å²) in [5.74, 6) is 1.15. The molecule has 0 fully saturated rings. The van der Waals surface area contributed by atoms with Crippen molar-refractivity contribution in [1.29, 1.82) is 0 Å². The molecule has 0 amide bonds. The van der Waals surface area contributed by atoms with Crippen molar-refractivity contribution >= 4 is 35.1 Å². The first-order chi connectivity index (χ1) is 10.6. The molecule has 1 aliphatic rings. The summed E-state index contributed by atoms with van der Waals surface area (Å²) >= 11 is 10.1. The summed E-state index contributed by atoms with van der Waals surface area (Å²) in [5.41, 5.74) is 2.83. The molecular weight excluding hydrogens is 330 g/mol. The van der Waals surface area contributed by atoms with E-state index in [2.05, 4.69) is 67.2 Å². The van der Waals surface area contributed by atoms with Gasteiger partial charge in [-0.15, -0.1) is 0 Å². The molecule has 1 heterocycles. The summed E-state index contributed by atoms with van der Waals surface area (Å²) in [4.78, 5) is 4.97. The number of rotatable bonds is 4. The Kier molecular flexibility index (Phi) is 5.40. The summed E-state index contributed by atoms with van der Waals surface area (Å²) in [6.45, 7) is 1.11. The van der Waals surface area contributed by atoms with Crippen molar-refractivity contribution in [2.45, 2.75) is 21.5 Å². The fourth-order valence-electron chi connectivity index (χ4n) is 2.60. The number of benzene rings is 2. The number of nitrogens with zero attached hydrogens (tertiary/aromatic N) is 1. The lowest BCUT2D eigenvalue weighted by Gasteiger charge is -2.18. The first-order valence-electron chi connectivity index (χ1n) is 7.45. The molecule has 1 atom stereocenters. The Morgan fingerprint density at radius 3 is 2.82 bits per heavy atom. The highest BCUT2D eigenvalue weighted by Crippen LogP contribution is 2.45. The summed E-state index contributed by atoms with van der Waals surface area (Å²) in [6.07, 6.45) is 1.05. The van der Waals surface area contributed by atoms with Crippen LogP contribution in [-0.4, -0.2) is 31.3 Å². The topological polar surface area (TPSA) is 3.24 Å². The van der Waals surface area contributed by atoms with Gasteiger partial charge in [-0.1, -0.05) is 41.6 Å². The molecular formula is C18H20ClNS2. The standard InChI is InChI=1S/C18H20ClNS2/c1-20(2)9-10-21-18-12-13-11-14(19)7-8-16(13)22-17-6-4-3-5-15(17)18/h3-8,11,18H,9-10,12H2,1-2H3/t18-/m1/s1. The molecule has 0 unspecified atom stereocenters. The molecule has 0 radical (unpaired) electrons. The molecule has 0 saturated heterocycles. The molecule has 0 N–H and O–H groups in total. The van der Waals surface area contributed by atoms with E-state index in [1.165, 1.54) is 20.9 Å². The summed E-state index contributed by atoms with van der Waals surface area (Å²) in [7, 11) is 4.26. The third kappa shape index (κ3) is 3.83. The largest absolute Gasteiger partial charge is 0.309 e. The lowest BCUT2D eigenvalue weighted by atomic mass is 10.0. The molecule has 1 aliphatic heterocycles. The quantitative estimate of drug-likeness (QED) is 0.729. The van der Waals surface area contributed by atoms with Gasteiger partial charge in [-0.25, -0.2) is 0 Å². The maximum atomic E-state index is 6.21. The predicted octanol–water partition coefficient (Wildman–Crippen LogP) is 5.38. The van der Waals surface area contributed by atoms with Gasteiger partial charge in [0, 0.05) is 32.4 Å². The Labute approximate surface area is 146 Å². The molecule has 0 spiro atoms. The van der Waals surface area contributed by atoms with Crippen LogP contribution < -0.4 is 0 Å². The molecule has 0 aliphatic carbocycles. The highest BCUT2D eigenvalue weighted by Gasteiger charge is 2.22. The van der Waals surface area contributed by atoms with Gasteiger partial charge in [0.25, 0.3) is 0 Å². The van der Waals surface area contributed by atoms with Gasteiger partial charge in [0.2, 0.25) is 0 Å². The Hall–Kier alpha value is -0.610. The van der Waals surface area contributed by atoms with Crippen LogP contribution in [0.25, 0.3) is 0 Å². The summed E-state index contributed by atoms with van der Waals surface area (Å²) < 4.78 is 0. The maximum Gasteiger partial charge on any atom is 0.0409 e. The zero-order valence-electron chi connectivity index (χ0n) is 12.9. The van der Waals surface area contributed by atoms with Gasteiger partial charge in [0.05, 0.1) is 0 Å². The number of halogens is 1. The zero-order chi connectivity index (χ0) is 15.5. The number of hydrogen-bond donors (Lipinski definition) is 0. The lowest BCUT2D eigenvalue weighted by molar-refractivity contribution is 0.437. The second-order valence-corrected chi connectivity index (χ2v) is 8.59. The van der Waals surface area contributed by atoms with Crippen LogP contribution in [0.4, 0.5) is 0 Å². The molecule has 2 aromatic carbocycles. The second kappa shape index (κ2) is 7.31. The van der Waals surface area contributed by atoms with Gasteiger partial charge in [-0.2, -0.15) is 11.8 Å². The first-order valence-corrected chi connectivity index (χ1v) is 9.69. The summed E-state index contributed by atoms with van der Waals surface area (Å²) in [6, 6.07) is 15.1. The molecule has 1 nitrogen and oxygen atoms in total. The minimum absolute atomic E-state index is 0.503. The van der Waals surface area contributed by atoms with Crippen LogP contribution >= 0.6 is 35.1 Å². The molecule has 0 aromatic heterocycles. The SMILES string of the molecule is CN(C)CCS[C@@H]1Cc2cc(Cl)ccc2Sc2ccccc21. The van der Waals surface area contributed by atoms with E-state index in [-0.39, 0.29) is 0 Å². The number of thioether (sulfide) groups is 1. The van der Waals surface area contributed by atoms with E-state index >= 15 is 0 Å². The summed E-state index contributed by atoms with van der Waals surface area (Å²) in [5, 5.41) is 1.34. The molecule has 116 valence electrons. The average molecular weight is 350 g/mol. The minimum Gasteiger partial charge on any atom is -0.309 e. The minimum atomic E-state index is 0.503. The molecule has 0 bridgehead atoms. The Morgan fingerprint density at radius 1 is 1.18 bits per heavy atom. The van der Waals surface area contributed by atoms with Gasteiger partial charge in [0.15, 0.2) is 0 Å². The van der Waals surface area contributed by atoms with Crippen molar-refractivity contribution in [3.63, 3.8) is 0 Å². The molecule has 2 aromatic rings. The molecule has 22 heavy (non-hydrogen) atoms. The normalized spacial score (nSPS) is 17.0. The van der Waals surface area contributed by atoms with Crippen molar-refractivity contribution in [3.05, 3.63) is 58.6 Å². The van der Waals surface area contributed by atoms with Crippen molar-refractivity contribution in [3.8, 4) is 0 Å². The van der Waals surface area contributed by atoms with Crippen LogP contribution in [0.2, 0.25) is 5.02 Å². The molecule has 4 heteroatoms. The van der Waals surface area contributed by atoms with Gasteiger partial charge in [-0.05, 0) is 55.9 Å². The van der Waals surface area contributed by atoms with Crippen LogP contribution in [0.15, 0.2) is 52.3 Å². The van der Waals surface area contributed by atoms with E-state index in [4.69, 9.17) is 11.6 Å². The van der Waals surface area contributed by atoms with Crippen LogP contribution in [-0.2, 0) is 6.42 Å². The number of fused-ring (bicyclic) bond motifs is 2.